The predicted molar refractivity (Wildman–Crippen MR) is 86.2 cm³/mol. The van der Waals surface area contributed by atoms with Crippen molar-refractivity contribution in [3.8, 4) is 11.4 Å². The normalized spacial score (nSPS) is 17.2. The van der Waals surface area contributed by atoms with E-state index in [0.717, 1.165) is 18.2 Å². The van der Waals surface area contributed by atoms with Gasteiger partial charge in [-0.1, -0.05) is 35.5 Å². The zero-order valence-electron chi connectivity index (χ0n) is 13.6. The fourth-order valence-electron chi connectivity index (χ4n) is 3.05. The molecule has 1 saturated heterocycles. The third-order valence-corrected chi connectivity index (χ3v) is 4.30. The SMILES string of the molecule is O=C(c1ccn(C(F)F)n1)N1CCC[C@@H]1c1nc(-c2ccccc2)no1. The van der Waals surface area contributed by atoms with E-state index >= 15 is 0 Å². The third-order valence-electron chi connectivity index (χ3n) is 4.30. The van der Waals surface area contributed by atoms with Gasteiger partial charge >= 0.3 is 6.55 Å². The number of carbonyl (C=O) groups is 1. The van der Waals surface area contributed by atoms with Gasteiger partial charge in [0.25, 0.3) is 5.91 Å². The van der Waals surface area contributed by atoms with Crippen molar-refractivity contribution < 1.29 is 18.1 Å². The Balaban J connectivity index is 1.57. The van der Waals surface area contributed by atoms with Crippen LogP contribution in [0.2, 0.25) is 0 Å². The standard InChI is InChI=1S/C17H15F2N5O2/c18-17(19)24-10-8-12(21-24)16(25)23-9-4-7-13(23)15-20-14(22-26-15)11-5-2-1-3-6-11/h1-3,5-6,8,10,13,17H,4,7,9H2/t13-/m1/s1. The molecule has 3 heterocycles. The Morgan fingerprint density at radius 1 is 1.23 bits per heavy atom. The molecule has 26 heavy (non-hydrogen) atoms. The summed E-state index contributed by atoms with van der Waals surface area (Å²) in [5.74, 6) is 0.358. The van der Waals surface area contributed by atoms with Crippen LogP contribution in [0.1, 0.15) is 41.8 Å². The Morgan fingerprint density at radius 2 is 2.04 bits per heavy atom. The highest BCUT2D eigenvalue weighted by molar-refractivity contribution is 5.92. The van der Waals surface area contributed by atoms with E-state index in [0.29, 0.717) is 29.4 Å². The van der Waals surface area contributed by atoms with E-state index in [1.807, 2.05) is 30.3 Å². The molecule has 0 unspecified atom stereocenters. The highest BCUT2D eigenvalue weighted by atomic mass is 19.3. The summed E-state index contributed by atoms with van der Waals surface area (Å²) in [4.78, 5) is 18.6. The van der Waals surface area contributed by atoms with Gasteiger partial charge in [-0.2, -0.15) is 18.9 Å². The summed E-state index contributed by atoms with van der Waals surface area (Å²) in [6.07, 6.45) is 2.51. The highest BCUT2D eigenvalue weighted by Crippen LogP contribution is 2.33. The van der Waals surface area contributed by atoms with Crippen LogP contribution in [0, 0.1) is 0 Å². The van der Waals surface area contributed by atoms with Gasteiger partial charge in [0.15, 0.2) is 5.69 Å². The maximum absolute atomic E-state index is 12.7. The zero-order valence-corrected chi connectivity index (χ0v) is 13.6. The maximum atomic E-state index is 12.7. The molecule has 1 aliphatic heterocycles. The lowest BCUT2D eigenvalue weighted by Crippen LogP contribution is -2.31. The first-order chi connectivity index (χ1) is 12.6. The van der Waals surface area contributed by atoms with Crippen molar-refractivity contribution in [2.75, 3.05) is 6.54 Å². The van der Waals surface area contributed by atoms with Crippen LogP contribution in [0.25, 0.3) is 11.4 Å². The molecule has 1 fully saturated rings. The van der Waals surface area contributed by atoms with Gasteiger partial charge in [0.2, 0.25) is 11.7 Å². The van der Waals surface area contributed by atoms with E-state index in [4.69, 9.17) is 4.52 Å². The van der Waals surface area contributed by atoms with Gasteiger partial charge < -0.3 is 9.42 Å². The van der Waals surface area contributed by atoms with Crippen molar-refractivity contribution in [1.82, 2.24) is 24.8 Å². The highest BCUT2D eigenvalue weighted by Gasteiger charge is 2.35. The number of carbonyl (C=O) groups excluding carboxylic acids is 1. The minimum absolute atomic E-state index is 0.0278. The quantitative estimate of drug-likeness (QED) is 0.714. The maximum Gasteiger partial charge on any atom is 0.333 e. The third kappa shape index (κ3) is 2.96. The summed E-state index contributed by atoms with van der Waals surface area (Å²) in [6.45, 7) is -2.30. The summed E-state index contributed by atoms with van der Waals surface area (Å²) in [5.41, 5.74) is 0.786. The number of amides is 1. The Kier molecular flexibility index (Phi) is 4.19. The number of likely N-dealkylation sites (tertiary alicyclic amines) is 1. The van der Waals surface area contributed by atoms with Crippen LogP contribution in [0.5, 0.6) is 0 Å². The van der Waals surface area contributed by atoms with Crippen molar-refractivity contribution in [1.29, 1.82) is 0 Å². The molecule has 0 radical (unpaired) electrons. The van der Waals surface area contributed by atoms with Gasteiger partial charge in [-0.05, 0) is 18.9 Å². The molecule has 0 spiro atoms. The molecule has 0 N–H and O–H groups in total. The van der Waals surface area contributed by atoms with Gasteiger partial charge in [0.05, 0.1) is 0 Å². The topological polar surface area (TPSA) is 77.1 Å². The number of hydrogen-bond acceptors (Lipinski definition) is 5. The van der Waals surface area contributed by atoms with E-state index in [1.165, 1.54) is 6.07 Å². The van der Waals surface area contributed by atoms with Crippen LogP contribution in [0.3, 0.4) is 0 Å². The second-order valence-electron chi connectivity index (χ2n) is 5.94. The van der Waals surface area contributed by atoms with Crippen molar-refractivity contribution in [3.63, 3.8) is 0 Å². The van der Waals surface area contributed by atoms with Crippen LogP contribution in [0.15, 0.2) is 47.1 Å². The summed E-state index contributed by atoms with van der Waals surface area (Å²) in [7, 11) is 0. The summed E-state index contributed by atoms with van der Waals surface area (Å²) < 4.78 is 31.2. The fraction of sp³-hybridized carbons (Fsp3) is 0.294. The average molecular weight is 359 g/mol. The Bertz CT molecular complexity index is 909. The second kappa shape index (κ2) is 6.66. The number of hydrogen-bond donors (Lipinski definition) is 0. The van der Waals surface area contributed by atoms with E-state index in [1.54, 1.807) is 4.90 Å². The van der Waals surface area contributed by atoms with E-state index in [2.05, 4.69) is 15.2 Å². The predicted octanol–water partition coefficient (Wildman–Crippen LogP) is 3.31. The molecule has 1 atom stereocenters. The molecule has 134 valence electrons. The van der Waals surface area contributed by atoms with Crippen LogP contribution in [0.4, 0.5) is 8.78 Å². The molecule has 0 aliphatic carbocycles. The van der Waals surface area contributed by atoms with Crippen molar-refractivity contribution in [2.45, 2.75) is 25.4 Å². The number of halogens is 2. The monoisotopic (exact) mass is 359 g/mol. The van der Waals surface area contributed by atoms with Crippen LogP contribution in [-0.2, 0) is 0 Å². The smallest absolute Gasteiger partial charge is 0.333 e. The molecular weight excluding hydrogens is 344 g/mol. The lowest BCUT2D eigenvalue weighted by molar-refractivity contribution is 0.0547. The lowest BCUT2D eigenvalue weighted by atomic mass is 10.2. The molecule has 1 aromatic carbocycles. The molecule has 1 amide bonds. The summed E-state index contributed by atoms with van der Waals surface area (Å²) in [5, 5.41) is 7.63. The Labute approximate surface area is 147 Å². The second-order valence-corrected chi connectivity index (χ2v) is 5.94. The largest absolute Gasteiger partial charge is 0.337 e. The van der Waals surface area contributed by atoms with Gasteiger partial charge in [-0.3, -0.25) is 4.79 Å². The first-order valence-corrected chi connectivity index (χ1v) is 8.17. The first kappa shape index (κ1) is 16.4. The number of rotatable bonds is 4. The van der Waals surface area contributed by atoms with Crippen molar-refractivity contribution >= 4 is 5.91 Å². The van der Waals surface area contributed by atoms with Crippen LogP contribution >= 0.6 is 0 Å². The van der Waals surface area contributed by atoms with E-state index in [-0.39, 0.29) is 11.7 Å². The first-order valence-electron chi connectivity index (χ1n) is 8.17. The van der Waals surface area contributed by atoms with Crippen LogP contribution in [-0.4, -0.2) is 37.3 Å². The van der Waals surface area contributed by atoms with Gasteiger partial charge in [-0.25, -0.2) is 4.68 Å². The number of alkyl halides is 2. The molecule has 0 bridgehead atoms. The van der Waals surface area contributed by atoms with E-state index in [9.17, 15) is 13.6 Å². The molecule has 1 aliphatic rings. The summed E-state index contributed by atoms with van der Waals surface area (Å²) in [6, 6.07) is 10.3. The van der Waals surface area contributed by atoms with Crippen molar-refractivity contribution in [2.24, 2.45) is 0 Å². The Morgan fingerprint density at radius 3 is 2.77 bits per heavy atom. The molecule has 3 aromatic rings. The van der Waals surface area contributed by atoms with Gasteiger partial charge in [0.1, 0.15) is 6.04 Å². The van der Waals surface area contributed by atoms with Gasteiger partial charge in [-0.15, -0.1) is 0 Å². The molecule has 2 aromatic heterocycles. The molecule has 0 saturated carbocycles. The summed E-state index contributed by atoms with van der Waals surface area (Å²) >= 11 is 0. The zero-order chi connectivity index (χ0) is 18.1. The molecular formula is C17H15F2N5O2. The van der Waals surface area contributed by atoms with Crippen molar-refractivity contribution in [3.05, 3.63) is 54.2 Å². The minimum Gasteiger partial charge on any atom is -0.337 e. The Hall–Kier alpha value is -3.10. The fourth-order valence-corrected chi connectivity index (χ4v) is 3.05. The molecule has 9 heteroatoms. The molecule has 4 rings (SSSR count). The van der Waals surface area contributed by atoms with Gasteiger partial charge in [0, 0.05) is 18.3 Å². The van der Waals surface area contributed by atoms with Crippen LogP contribution < -0.4 is 0 Å². The van der Waals surface area contributed by atoms with E-state index < -0.39 is 12.5 Å². The number of nitrogens with zero attached hydrogens (tertiary/aromatic N) is 5. The number of benzene rings is 1. The minimum atomic E-state index is -2.78. The lowest BCUT2D eigenvalue weighted by Gasteiger charge is -2.20. The number of aromatic nitrogens is 4. The molecule has 7 nitrogen and oxygen atoms in total. The average Bonchev–Trinajstić information content (AvgIpc) is 3.41.